The van der Waals surface area contributed by atoms with Crippen molar-refractivity contribution in [2.24, 2.45) is 11.7 Å². The van der Waals surface area contributed by atoms with Gasteiger partial charge in [0.2, 0.25) is 0 Å². The van der Waals surface area contributed by atoms with Gasteiger partial charge in [0.05, 0.1) is 0 Å². The molecule has 1 heteroatoms. The second-order valence-electron chi connectivity index (χ2n) is 5.24. The Morgan fingerprint density at radius 2 is 2.20 bits per heavy atom. The topological polar surface area (TPSA) is 26.0 Å². The van der Waals surface area contributed by atoms with E-state index in [1.807, 2.05) is 0 Å². The van der Waals surface area contributed by atoms with E-state index in [9.17, 15) is 0 Å². The number of hydrogen-bond acceptors (Lipinski definition) is 1. The van der Waals surface area contributed by atoms with Crippen LogP contribution in [0.15, 0.2) is 18.2 Å². The monoisotopic (exact) mass is 201 g/mol. The lowest BCUT2D eigenvalue weighted by atomic mass is 9.71. The molecule has 1 unspecified atom stereocenters. The molecule has 15 heavy (non-hydrogen) atoms. The highest BCUT2D eigenvalue weighted by Gasteiger charge is 2.52. The number of fused-ring (bicyclic) bond motifs is 2. The molecular formula is C14H19N. The van der Waals surface area contributed by atoms with Crippen LogP contribution >= 0.6 is 0 Å². The van der Waals surface area contributed by atoms with Crippen molar-refractivity contribution in [2.45, 2.75) is 38.0 Å². The van der Waals surface area contributed by atoms with Crippen molar-refractivity contribution in [3.63, 3.8) is 0 Å². The predicted octanol–water partition coefficient (Wildman–Crippen LogP) is 2.55. The van der Waals surface area contributed by atoms with Crippen molar-refractivity contribution in [3.8, 4) is 0 Å². The molecule has 2 N–H and O–H groups in total. The summed E-state index contributed by atoms with van der Waals surface area (Å²) in [6.07, 6.45) is 5.27. The summed E-state index contributed by atoms with van der Waals surface area (Å²) >= 11 is 0. The smallest absolute Gasteiger partial charge is 0.0000653 e. The van der Waals surface area contributed by atoms with Crippen molar-refractivity contribution in [3.05, 3.63) is 34.9 Å². The molecule has 1 fully saturated rings. The lowest BCUT2D eigenvalue weighted by Gasteiger charge is -2.34. The van der Waals surface area contributed by atoms with E-state index in [4.69, 9.17) is 5.73 Å². The quantitative estimate of drug-likeness (QED) is 0.742. The van der Waals surface area contributed by atoms with E-state index < -0.39 is 0 Å². The van der Waals surface area contributed by atoms with Gasteiger partial charge in [-0.3, -0.25) is 0 Å². The molecule has 2 aliphatic rings. The molecular weight excluding hydrogens is 182 g/mol. The van der Waals surface area contributed by atoms with Crippen LogP contribution in [0.25, 0.3) is 0 Å². The maximum Gasteiger partial charge on any atom is -0.0000653 e. The molecule has 1 atom stereocenters. The van der Waals surface area contributed by atoms with E-state index in [0.717, 1.165) is 12.5 Å². The molecule has 3 rings (SSSR count). The maximum atomic E-state index is 5.93. The summed E-state index contributed by atoms with van der Waals surface area (Å²) in [4.78, 5) is 0. The fourth-order valence-electron chi connectivity index (χ4n) is 3.60. The Labute approximate surface area is 91.7 Å². The third-order valence-electron chi connectivity index (χ3n) is 4.47. The minimum Gasteiger partial charge on any atom is -0.330 e. The third-order valence-corrected chi connectivity index (χ3v) is 4.47. The van der Waals surface area contributed by atoms with E-state index in [-0.39, 0.29) is 0 Å². The Bertz CT molecular complexity index is 390. The average Bonchev–Trinajstić information content (AvgIpc) is 3.00. The van der Waals surface area contributed by atoms with Crippen molar-refractivity contribution >= 4 is 0 Å². The molecule has 1 saturated carbocycles. The average molecular weight is 201 g/mol. The number of rotatable bonds is 1. The first kappa shape index (κ1) is 9.41. The molecule has 0 aromatic heterocycles. The number of nitrogens with two attached hydrogens (primary N) is 1. The Balaban J connectivity index is 2.14. The van der Waals surface area contributed by atoms with Gasteiger partial charge in [-0.1, -0.05) is 18.2 Å². The molecule has 80 valence electrons. The largest absolute Gasteiger partial charge is 0.330 e. The summed E-state index contributed by atoms with van der Waals surface area (Å²) in [5.41, 5.74) is 11.2. The molecule has 0 amide bonds. The van der Waals surface area contributed by atoms with Crippen LogP contribution in [0.5, 0.6) is 0 Å². The lowest BCUT2D eigenvalue weighted by molar-refractivity contribution is 0.360. The lowest BCUT2D eigenvalue weighted by Crippen LogP contribution is -2.33. The van der Waals surface area contributed by atoms with Gasteiger partial charge < -0.3 is 5.73 Å². The first-order valence-electron chi connectivity index (χ1n) is 6.07. The Hall–Kier alpha value is -0.820. The number of hydrogen-bond donors (Lipinski definition) is 1. The van der Waals surface area contributed by atoms with E-state index in [1.165, 1.54) is 31.2 Å². The van der Waals surface area contributed by atoms with E-state index in [1.54, 1.807) is 11.1 Å². The summed E-state index contributed by atoms with van der Waals surface area (Å²) in [5.74, 6) is 0.742. The molecule has 0 aliphatic heterocycles. The number of aryl methyl sites for hydroxylation is 2. The fourth-order valence-corrected chi connectivity index (χ4v) is 3.60. The van der Waals surface area contributed by atoms with Gasteiger partial charge in [-0.15, -0.1) is 0 Å². The first-order valence-corrected chi connectivity index (χ1v) is 6.07. The standard InChI is InChI=1S/C14H19N/c1-10-3-2-4-11-5-6-12(9-15)14(7-8-14)13(10)11/h2-4,12H,5-9,15H2,1H3. The van der Waals surface area contributed by atoms with Gasteiger partial charge in [0.25, 0.3) is 0 Å². The van der Waals surface area contributed by atoms with E-state index >= 15 is 0 Å². The van der Waals surface area contributed by atoms with Crippen LogP contribution in [0.3, 0.4) is 0 Å². The Kier molecular flexibility index (Phi) is 1.93. The number of benzene rings is 1. The zero-order valence-corrected chi connectivity index (χ0v) is 9.42. The van der Waals surface area contributed by atoms with Gasteiger partial charge in [-0.05, 0) is 67.2 Å². The molecule has 1 aromatic carbocycles. The highest BCUT2D eigenvalue weighted by Crippen LogP contribution is 2.58. The van der Waals surface area contributed by atoms with Crippen LogP contribution in [0.2, 0.25) is 0 Å². The van der Waals surface area contributed by atoms with Gasteiger partial charge in [0.1, 0.15) is 0 Å². The highest BCUT2D eigenvalue weighted by molar-refractivity contribution is 5.47. The third kappa shape index (κ3) is 1.19. The second-order valence-corrected chi connectivity index (χ2v) is 5.24. The van der Waals surface area contributed by atoms with Crippen LogP contribution in [-0.4, -0.2) is 6.54 Å². The van der Waals surface area contributed by atoms with Crippen molar-refractivity contribution in [1.82, 2.24) is 0 Å². The summed E-state index contributed by atoms with van der Waals surface area (Å²) in [6.45, 7) is 3.13. The Morgan fingerprint density at radius 3 is 2.87 bits per heavy atom. The molecule has 0 radical (unpaired) electrons. The van der Waals surface area contributed by atoms with Crippen LogP contribution in [-0.2, 0) is 11.8 Å². The summed E-state index contributed by atoms with van der Waals surface area (Å²) in [5, 5.41) is 0. The molecule has 1 spiro atoms. The zero-order valence-electron chi connectivity index (χ0n) is 9.42. The van der Waals surface area contributed by atoms with E-state index in [2.05, 4.69) is 25.1 Å². The van der Waals surface area contributed by atoms with Gasteiger partial charge in [-0.25, -0.2) is 0 Å². The zero-order chi connectivity index (χ0) is 10.5. The van der Waals surface area contributed by atoms with Crippen LogP contribution < -0.4 is 5.73 Å². The second kappa shape index (κ2) is 3.08. The van der Waals surface area contributed by atoms with Crippen LogP contribution in [0.4, 0.5) is 0 Å². The molecule has 1 aromatic rings. The van der Waals surface area contributed by atoms with Gasteiger partial charge in [0.15, 0.2) is 0 Å². The normalized spacial score (nSPS) is 26.4. The summed E-state index contributed by atoms with van der Waals surface area (Å²) in [6, 6.07) is 6.78. The summed E-state index contributed by atoms with van der Waals surface area (Å²) in [7, 11) is 0. The predicted molar refractivity (Wildman–Crippen MR) is 63.0 cm³/mol. The minimum atomic E-state index is 0.494. The van der Waals surface area contributed by atoms with Crippen LogP contribution in [0, 0.1) is 12.8 Å². The van der Waals surface area contributed by atoms with Crippen LogP contribution in [0.1, 0.15) is 36.0 Å². The molecule has 0 bridgehead atoms. The highest BCUT2D eigenvalue weighted by atomic mass is 14.6. The van der Waals surface area contributed by atoms with Gasteiger partial charge in [-0.2, -0.15) is 0 Å². The molecule has 1 nitrogen and oxygen atoms in total. The SMILES string of the molecule is Cc1cccc2c1C1(CC1)C(CN)CC2. The fraction of sp³-hybridized carbons (Fsp3) is 0.571. The Morgan fingerprint density at radius 1 is 1.40 bits per heavy atom. The van der Waals surface area contributed by atoms with Crippen molar-refractivity contribution in [2.75, 3.05) is 6.54 Å². The summed E-state index contributed by atoms with van der Waals surface area (Å²) < 4.78 is 0. The first-order chi connectivity index (χ1) is 7.28. The van der Waals surface area contributed by atoms with E-state index in [0.29, 0.717) is 5.41 Å². The van der Waals surface area contributed by atoms with Crippen molar-refractivity contribution < 1.29 is 0 Å². The maximum absolute atomic E-state index is 5.93. The molecule has 0 saturated heterocycles. The van der Waals surface area contributed by atoms with Gasteiger partial charge in [0, 0.05) is 0 Å². The van der Waals surface area contributed by atoms with Gasteiger partial charge >= 0.3 is 0 Å². The van der Waals surface area contributed by atoms with Crippen molar-refractivity contribution in [1.29, 1.82) is 0 Å². The minimum absolute atomic E-state index is 0.494. The molecule has 0 heterocycles. The molecule has 2 aliphatic carbocycles.